The van der Waals surface area contributed by atoms with Crippen LogP contribution < -0.4 is 0 Å². The van der Waals surface area contributed by atoms with Gasteiger partial charge in [0.05, 0.1) is 5.56 Å². The smallest absolute Gasteiger partial charge is 0.171 e. The number of pyridine rings is 1. The second kappa shape index (κ2) is 4.86. The van der Waals surface area contributed by atoms with Crippen LogP contribution in [0.2, 0.25) is 0 Å². The zero-order valence-corrected chi connectivity index (χ0v) is 10.1. The molecule has 3 heterocycles. The Hall–Kier alpha value is -1.75. The first kappa shape index (κ1) is 11.3. The maximum Gasteiger partial charge on any atom is 0.171 e. The first-order valence-electron chi connectivity index (χ1n) is 6.24. The number of hydrogen-bond acceptors (Lipinski definition) is 4. The minimum atomic E-state index is 0.586. The molecule has 5 heteroatoms. The molecule has 2 aromatic rings. The summed E-state index contributed by atoms with van der Waals surface area (Å²) in [6.45, 7) is 1.67. The van der Waals surface area contributed by atoms with E-state index in [2.05, 4.69) is 10.2 Å². The molecule has 0 saturated carbocycles. The highest BCUT2D eigenvalue weighted by Gasteiger charge is 2.17. The van der Waals surface area contributed by atoms with Gasteiger partial charge in [-0.05, 0) is 30.9 Å². The molecule has 18 heavy (non-hydrogen) atoms. The fourth-order valence-corrected chi connectivity index (χ4v) is 2.42. The maximum atomic E-state index is 10.9. The molecule has 0 spiro atoms. The van der Waals surface area contributed by atoms with Crippen molar-refractivity contribution in [1.29, 1.82) is 0 Å². The average Bonchev–Trinajstić information content (AvgIpc) is 2.83. The number of carbonyl (C=O) groups is 1. The van der Waals surface area contributed by atoms with Crippen molar-refractivity contribution < 1.29 is 9.53 Å². The SMILES string of the molecule is O=Cc1cccn2c(CC3CCOCC3)nnc12. The van der Waals surface area contributed by atoms with Crippen LogP contribution in [0.1, 0.15) is 29.0 Å². The van der Waals surface area contributed by atoms with Crippen LogP contribution >= 0.6 is 0 Å². The molecule has 2 aromatic heterocycles. The Morgan fingerprint density at radius 3 is 3.00 bits per heavy atom. The number of aldehydes is 1. The van der Waals surface area contributed by atoms with Crippen molar-refractivity contribution in [2.24, 2.45) is 5.92 Å². The summed E-state index contributed by atoms with van der Waals surface area (Å²) in [4.78, 5) is 10.9. The van der Waals surface area contributed by atoms with Gasteiger partial charge in [-0.3, -0.25) is 9.20 Å². The lowest BCUT2D eigenvalue weighted by Crippen LogP contribution is -2.18. The Morgan fingerprint density at radius 1 is 1.39 bits per heavy atom. The standard InChI is InChI=1S/C13H15N3O2/c17-9-11-2-1-5-16-12(14-15-13(11)16)8-10-3-6-18-7-4-10/h1-2,5,9-10H,3-4,6-8H2. The monoisotopic (exact) mass is 245 g/mol. The van der Waals surface area contributed by atoms with E-state index in [4.69, 9.17) is 4.74 Å². The molecule has 5 nitrogen and oxygen atoms in total. The lowest BCUT2D eigenvalue weighted by Gasteiger charge is -2.20. The van der Waals surface area contributed by atoms with Crippen molar-refractivity contribution in [3.63, 3.8) is 0 Å². The third-order valence-electron chi connectivity index (χ3n) is 3.47. The van der Waals surface area contributed by atoms with E-state index >= 15 is 0 Å². The number of nitrogens with zero attached hydrogens (tertiary/aromatic N) is 3. The Morgan fingerprint density at radius 2 is 2.22 bits per heavy atom. The van der Waals surface area contributed by atoms with Gasteiger partial charge in [0, 0.05) is 25.8 Å². The third kappa shape index (κ3) is 2.01. The number of ether oxygens (including phenoxy) is 1. The van der Waals surface area contributed by atoms with Crippen LogP contribution in [0.25, 0.3) is 5.65 Å². The van der Waals surface area contributed by atoms with Gasteiger partial charge in [0.2, 0.25) is 0 Å². The van der Waals surface area contributed by atoms with Gasteiger partial charge in [-0.15, -0.1) is 10.2 Å². The predicted molar refractivity (Wildman–Crippen MR) is 65.6 cm³/mol. The van der Waals surface area contributed by atoms with E-state index in [-0.39, 0.29) is 0 Å². The first-order chi connectivity index (χ1) is 8.88. The summed E-state index contributed by atoms with van der Waals surface area (Å²) >= 11 is 0. The molecule has 0 amide bonds. The predicted octanol–water partition coefficient (Wildman–Crippen LogP) is 1.51. The second-order valence-electron chi connectivity index (χ2n) is 4.65. The van der Waals surface area contributed by atoms with Gasteiger partial charge in [0.25, 0.3) is 0 Å². The minimum absolute atomic E-state index is 0.586. The van der Waals surface area contributed by atoms with Crippen LogP contribution in [0.5, 0.6) is 0 Å². The minimum Gasteiger partial charge on any atom is -0.381 e. The Labute approximate surface area is 105 Å². The Kier molecular flexibility index (Phi) is 3.06. The van der Waals surface area contributed by atoms with Crippen LogP contribution in [0.15, 0.2) is 18.3 Å². The van der Waals surface area contributed by atoms with Crippen molar-refractivity contribution >= 4 is 11.9 Å². The van der Waals surface area contributed by atoms with Crippen LogP contribution in [-0.2, 0) is 11.2 Å². The molecule has 0 aromatic carbocycles. The van der Waals surface area contributed by atoms with Gasteiger partial charge in [-0.25, -0.2) is 0 Å². The summed E-state index contributed by atoms with van der Waals surface area (Å²) in [5.74, 6) is 1.53. The van der Waals surface area contributed by atoms with Crippen molar-refractivity contribution in [2.45, 2.75) is 19.3 Å². The summed E-state index contributed by atoms with van der Waals surface area (Å²) in [6, 6.07) is 3.61. The number of fused-ring (bicyclic) bond motifs is 1. The van der Waals surface area contributed by atoms with Gasteiger partial charge in [-0.1, -0.05) is 0 Å². The topological polar surface area (TPSA) is 56.5 Å². The van der Waals surface area contributed by atoms with Crippen molar-refractivity contribution in [1.82, 2.24) is 14.6 Å². The molecule has 1 aliphatic rings. The molecule has 0 N–H and O–H groups in total. The summed E-state index contributed by atoms with van der Waals surface area (Å²) in [7, 11) is 0. The van der Waals surface area contributed by atoms with Crippen molar-refractivity contribution in [3.8, 4) is 0 Å². The molecular weight excluding hydrogens is 230 g/mol. The van der Waals surface area contributed by atoms with E-state index in [0.717, 1.165) is 44.6 Å². The Balaban J connectivity index is 1.90. The summed E-state index contributed by atoms with van der Waals surface area (Å²) in [6.07, 6.45) is 5.77. The molecule has 1 saturated heterocycles. The van der Waals surface area contributed by atoms with Crippen LogP contribution in [0.4, 0.5) is 0 Å². The van der Waals surface area contributed by atoms with Gasteiger partial charge < -0.3 is 4.74 Å². The van der Waals surface area contributed by atoms with Gasteiger partial charge >= 0.3 is 0 Å². The number of carbonyl (C=O) groups excluding carboxylic acids is 1. The highest BCUT2D eigenvalue weighted by molar-refractivity contribution is 5.83. The van der Waals surface area contributed by atoms with E-state index in [1.54, 1.807) is 6.07 Å². The quantitative estimate of drug-likeness (QED) is 0.769. The molecular formula is C13H15N3O2. The van der Waals surface area contributed by atoms with Crippen LogP contribution in [0, 0.1) is 5.92 Å². The number of rotatable bonds is 3. The summed E-state index contributed by atoms with van der Waals surface area (Å²) < 4.78 is 7.27. The van der Waals surface area contributed by atoms with Crippen molar-refractivity contribution in [2.75, 3.05) is 13.2 Å². The molecule has 0 aliphatic carbocycles. The van der Waals surface area contributed by atoms with Gasteiger partial charge in [-0.2, -0.15) is 0 Å². The molecule has 0 bridgehead atoms. The zero-order valence-electron chi connectivity index (χ0n) is 10.1. The lowest BCUT2D eigenvalue weighted by molar-refractivity contribution is 0.0659. The van der Waals surface area contributed by atoms with E-state index in [1.807, 2.05) is 16.7 Å². The molecule has 0 unspecified atom stereocenters. The average molecular weight is 245 g/mol. The van der Waals surface area contributed by atoms with E-state index in [1.165, 1.54) is 0 Å². The number of hydrogen-bond donors (Lipinski definition) is 0. The van der Waals surface area contributed by atoms with Crippen LogP contribution in [0.3, 0.4) is 0 Å². The lowest BCUT2D eigenvalue weighted by atomic mass is 9.96. The molecule has 94 valence electrons. The fraction of sp³-hybridized carbons (Fsp3) is 0.462. The normalized spacial score (nSPS) is 17.1. The molecule has 1 aliphatic heterocycles. The highest BCUT2D eigenvalue weighted by atomic mass is 16.5. The second-order valence-corrected chi connectivity index (χ2v) is 4.65. The molecule has 0 radical (unpaired) electrons. The Bertz CT molecular complexity index is 558. The summed E-state index contributed by atoms with van der Waals surface area (Å²) in [5, 5.41) is 8.32. The number of aromatic nitrogens is 3. The van der Waals surface area contributed by atoms with Gasteiger partial charge in [0.15, 0.2) is 11.9 Å². The van der Waals surface area contributed by atoms with E-state index < -0.39 is 0 Å². The zero-order chi connectivity index (χ0) is 12.4. The van der Waals surface area contributed by atoms with E-state index in [9.17, 15) is 4.79 Å². The fourth-order valence-electron chi connectivity index (χ4n) is 2.42. The summed E-state index contributed by atoms with van der Waals surface area (Å²) in [5.41, 5.74) is 1.23. The largest absolute Gasteiger partial charge is 0.381 e. The van der Waals surface area contributed by atoms with E-state index in [0.29, 0.717) is 17.1 Å². The van der Waals surface area contributed by atoms with Crippen LogP contribution in [-0.4, -0.2) is 34.1 Å². The van der Waals surface area contributed by atoms with Gasteiger partial charge in [0.1, 0.15) is 5.82 Å². The molecule has 3 rings (SSSR count). The maximum absolute atomic E-state index is 10.9. The third-order valence-corrected chi connectivity index (χ3v) is 3.47. The highest BCUT2D eigenvalue weighted by Crippen LogP contribution is 2.20. The first-order valence-corrected chi connectivity index (χ1v) is 6.24. The molecule has 0 atom stereocenters. The molecule has 1 fully saturated rings. The van der Waals surface area contributed by atoms with Crippen molar-refractivity contribution in [3.05, 3.63) is 29.7 Å².